The highest BCUT2D eigenvalue weighted by Gasteiger charge is 2.70. The smallest absolute Gasteiger partial charge is 0.326 e. The lowest BCUT2D eigenvalue weighted by molar-refractivity contribution is -0.141. The van der Waals surface area contributed by atoms with Crippen LogP contribution < -0.4 is 10.2 Å². The summed E-state index contributed by atoms with van der Waals surface area (Å²) < 4.78 is 38.8. The number of aromatic nitrogens is 1. The first-order valence-corrected chi connectivity index (χ1v) is 13.8. The van der Waals surface area contributed by atoms with Crippen molar-refractivity contribution in [3.05, 3.63) is 44.4 Å². The molecule has 0 unspecified atom stereocenters. The van der Waals surface area contributed by atoms with Gasteiger partial charge < -0.3 is 10.3 Å². The Hall–Kier alpha value is -2.60. The maximum absolute atomic E-state index is 13.4. The van der Waals surface area contributed by atoms with Crippen molar-refractivity contribution in [1.29, 1.82) is 0 Å². The standard InChI is InChI=1S/C25H24F3N3O4S2/c1-24(2)17-12-9-13(18(17)36-20-19(24)37-23(35)30-20)16-15(12)21(33)31(22(16)34)7-6-14(32)29-11-5-3-4-10(8-11)25(26,27)28/h3-5,8,12-13,15-18H,6-7,9H2,1-2H3,(H,29,32)(H,30,35)/t12-,13-,15-,16+,17+,18+/m0/s1. The molecule has 1 saturated heterocycles. The SMILES string of the molecule is CC1(C)c2sc(=O)[nH]c2S[C@@H]2[C@H]3C[C@@H]([C@@H]4C(=O)N(CCC(=O)Nc5cccc(C(F)(F)F)c5)C(=O)[C@H]34)[C@H]21. The lowest BCUT2D eigenvalue weighted by Crippen LogP contribution is -2.48. The number of amides is 3. The number of imide groups is 1. The molecule has 2 saturated carbocycles. The highest BCUT2D eigenvalue weighted by molar-refractivity contribution is 8.00. The van der Waals surface area contributed by atoms with E-state index >= 15 is 0 Å². The predicted octanol–water partition coefficient (Wildman–Crippen LogP) is 4.10. The zero-order valence-electron chi connectivity index (χ0n) is 19.9. The number of likely N-dealkylation sites (tertiary alicyclic amines) is 1. The third-order valence-electron chi connectivity index (χ3n) is 8.52. The van der Waals surface area contributed by atoms with Crippen LogP contribution in [0.2, 0.25) is 0 Å². The number of carbonyl (C=O) groups is 3. The van der Waals surface area contributed by atoms with Gasteiger partial charge in [0.05, 0.1) is 22.4 Å². The van der Waals surface area contributed by atoms with E-state index in [1.54, 1.807) is 11.8 Å². The second kappa shape index (κ2) is 8.20. The van der Waals surface area contributed by atoms with Gasteiger partial charge in [0, 0.05) is 34.2 Å². The van der Waals surface area contributed by atoms with E-state index in [0.29, 0.717) is 0 Å². The van der Waals surface area contributed by atoms with Crippen LogP contribution in [-0.2, 0) is 26.0 Å². The predicted molar refractivity (Wildman–Crippen MR) is 131 cm³/mol. The Bertz CT molecular complexity index is 1380. The Morgan fingerprint density at radius 2 is 1.86 bits per heavy atom. The molecule has 6 rings (SSSR count). The number of hydrogen-bond donors (Lipinski definition) is 2. The molecule has 0 spiro atoms. The lowest BCUT2D eigenvalue weighted by atomic mass is 9.64. The van der Waals surface area contributed by atoms with Gasteiger partial charge in [0.2, 0.25) is 17.7 Å². The van der Waals surface area contributed by atoms with Crippen LogP contribution in [0.1, 0.15) is 37.1 Å². The molecule has 1 aromatic carbocycles. The first-order chi connectivity index (χ1) is 17.4. The number of thiazole rings is 1. The third-order valence-corrected chi connectivity index (χ3v) is 11.3. The molecule has 2 aromatic rings. The van der Waals surface area contributed by atoms with Crippen LogP contribution in [0.3, 0.4) is 0 Å². The molecule has 2 aliphatic carbocycles. The first-order valence-electron chi connectivity index (χ1n) is 12.1. The number of benzene rings is 1. The molecule has 6 atom stereocenters. The number of thioether (sulfide) groups is 1. The topological polar surface area (TPSA) is 99.3 Å². The van der Waals surface area contributed by atoms with Crippen LogP contribution >= 0.6 is 23.1 Å². The molecule has 4 aliphatic rings. The maximum Gasteiger partial charge on any atom is 0.416 e. The average Bonchev–Trinajstić information content (AvgIpc) is 3.54. The van der Waals surface area contributed by atoms with E-state index in [2.05, 4.69) is 24.1 Å². The Morgan fingerprint density at radius 1 is 1.16 bits per heavy atom. The summed E-state index contributed by atoms with van der Waals surface area (Å²) in [5.74, 6) is -1.77. The Morgan fingerprint density at radius 3 is 2.57 bits per heavy atom. The minimum Gasteiger partial charge on any atom is -0.326 e. The van der Waals surface area contributed by atoms with Crippen molar-refractivity contribution < 1.29 is 27.6 Å². The fourth-order valence-corrected chi connectivity index (χ4v) is 10.3. The van der Waals surface area contributed by atoms with Gasteiger partial charge in [0.25, 0.3) is 0 Å². The highest BCUT2D eigenvalue weighted by atomic mass is 32.2. The molecule has 37 heavy (non-hydrogen) atoms. The number of anilines is 1. The van der Waals surface area contributed by atoms with Crippen molar-refractivity contribution in [1.82, 2.24) is 9.88 Å². The Balaban J connectivity index is 1.16. The minimum atomic E-state index is -4.53. The van der Waals surface area contributed by atoms with Crippen molar-refractivity contribution in [2.45, 2.75) is 48.6 Å². The van der Waals surface area contributed by atoms with Crippen molar-refractivity contribution in [3.8, 4) is 0 Å². The summed E-state index contributed by atoms with van der Waals surface area (Å²) in [6, 6.07) is 4.32. The largest absolute Gasteiger partial charge is 0.416 e. The van der Waals surface area contributed by atoms with Crippen LogP contribution in [0.4, 0.5) is 18.9 Å². The van der Waals surface area contributed by atoms with Gasteiger partial charge in [-0.3, -0.25) is 24.1 Å². The van der Waals surface area contributed by atoms with Gasteiger partial charge in [0.1, 0.15) is 0 Å². The van der Waals surface area contributed by atoms with Crippen LogP contribution in [-0.4, -0.2) is 39.4 Å². The molecule has 3 fully saturated rings. The summed E-state index contributed by atoms with van der Waals surface area (Å²) in [4.78, 5) is 56.3. The van der Waals surface area contributed by atoms with Crippen molar-refractivity contribution in [3.63, 3.8) is 0 Å². The summed E-state index contributed by atoms with van der Waals surface area (Å²) >= 11 is 2.83. The monoisotopic (exact) mass is 551 g/mol. The fraction of sp³-hybridized carbons (Fsp3) is 0.520. The fourth-order valence-electron chi connectivity index (χ4n) is 7.15. The summed E-state index contributed by atoms with van der Waals surface area (Å²) in [7, 11) is 0. The molecule has 2 aliphatic heterocycles. The van der Waals surface area contributed by atoms with Gasteiger partial charge in [0.15, 0.2) is 0 Å². The first kappa shape index (κ1) is 24.7. The number of aromatic amines is 1. The van der Waals surface area contributed by atoms with Crippen molar-refractivity contribution in [2.75, 3.05) is 11.9 Å². The number of rotatable bonds is 4. The van der Waals surface area contributed by atoms with Crippen molar-refractivity contribution in [2.24, 2.45) is 29.6 Å². The molecule has 0 radical (unpaired) electrons. The quantitative estimate of drug-likeness (QED) is 0.558. The van der Waals surface area contributed by atoms with E-state index in [0.717, 1.165) is 28.5 Å². The number of alkyl halides is 3. The van der Waals surface area contributed by atoms with Crippen LogP contribution in [0, 0.1) is 29.6 Å². The maximum atomic E-state index is 13.4. The second-order valence-electron chi connectivity index (χ2n) is 10.8. The Kier molecular flexibility index (Phi) is 5.48. The van der Waals surface area contributed by atoms with Crippen molar-refractivity contribution >= 4 is 46.5 Å². The number of nitrogens with zero attached hydrogens (tertiary/aromatic N) is 1. The van der Waals surface area contributed by atoms with Gasteiger partial charge in [-0.1, -0.05) is 31.3 Å². The number of fused-ring (bicyclic) bond motifs is 9. The molecular formula is C25H24F3N3O4S2. The highest BCUT2D eigenvalue weighted by Crippen LogP contribution is 2.68. The molecule has 2 bridgehead atoms. The number of H-pyrrole nitrogens is 1. The zero-order chi connectivity index (χ0) is 26.4. The van der Waals surface area contributed by atoms with E-state index in [4.69, 9.17) is 0 Å². The van der Waals surface area contributed by atoms with E-state index < -0.39 is 29.5 Å². The average molecular weight is 552 g/mol. The number of halogens is 3. The summed E-state index contributed by atoms with van der Waals surface area (Å²) in [5, 5.41) is 3.42. The number of carbonyl (C=O) groups excluding carboxylic acids is 3. The number of hydrogen-bond acceptors (Lipinski definition) is 6. The molecule has 2 N–H and O–H groups in total. The van der Waals surface area contributed by atoms with Gasteiger partial charge in [-0.2, -0.15) is 13.2 Å². The molecule has 196 valence electrons. The van der Waals surface area contributed by atoms with Gasteiger partial charge in [-0.25, -0.2) is 0 Å². The molecule has 12 heteroatoms. The Labute approximate surface area is 218 Å². The van der Waals surface area contributed by atoms with E-state index in [1.165, 1.54) is 28.4 Å². The molecule has 3 heterocycles. The van der Waals surface area contributed by atoms with E-state index in [-0.39, 0.29) is 63.8 Å². The molecule has 7 nitrogen and oxygen atoms in total. The van der Waals surface area contributed by atoms with Crippen LogP contribution in [0.25, 0.3) is 0 Å². The van der Waals surface area contributed by atoms with Gasteiger partial charge in [-0.15, -0.1) is 11.8 Å². The summed E-state index contributed by atoms with van der Waals surface area (Å²) in [6.07, 6.45) is -3.94. The second-order valence-corrected chi connectivity index (χ2v) is 13.0. The van der Waals surface area contributed by atoms with Crippen LogP contribution in [0.5, 0.6) is 0 Å². The summed E-state index contributed by atoms with van der Waals surface area (Å²) in [6.45, 7) is 4.11. The van der Waals surface area contributed by atoms with Gasteiger partial charge >= 0.3 is 11.0 Å². The summed E-state index contributed by atoms with van der Waals surface area (Å²) in [5.41, 5.74) is -1.18. The van der Waals surface area contributed by atoms with Gasteiger partial charge in [-0.05, 0) is 42.4 Å². The van der Waals surface area contributed by atoms with E-state index in [1.807, 2.05) is 0 Å². The minimum absolute atomic E-state index is 0.00246. The van der Waals surface area contributed by atoms with E-state index in [9.17, 15) is 32.3 Å². The lowest BCUT2D eigenvalue weighted by Gasteiger charge is -2.47. The molecule has 3 amide bonds. The normalized spacial score (nSPS) is 31.3. The molecule has 1 aromatic heterocycles. The number of nitrogens with one attached hydrogen (secondary N) is 2. The third kappa shape index (κ3) is 3.70. The molecular weight excluding hydrogens is 527 g/mol. The zero-order valence-corrected chi connectivity index (χ0v) is 21.6. The van der Waals surface area contributed by atoms with Crippen LogP contribution in [0.15, 0.2) is 34.1 Å².